The summed E-state index contributed by atoms with van der Waals surface area (Å²) in [6.07, 6.45) is 3.79. The van der Waals surface area contributed by atoms with Crippen molar-refractivity contribution in [1.29, 1.82) is 0 Å². The summed E-state index contributed by atoms with van der Waals surface area (Å²) < 4.78 is 7.12. The lowest BCUT2D eigenvalue weighted by Crippen LogP contribution is -2.47. The summed E-state index contributed by atoms with van der Waals surface area (Å²) in [6.45, 7) is 7.03. The van der Waals surface area contributed by atoms with Gasteiger partial charge in [-0.05, 0) is 19.8 Å². The number of fused-ring (bicyclic) bond motifs is 1. The molecule has 0 aliphatic carbocycles. The highest BCUT2D eigenvalue weighted by atomic mass is 32.1. The molecule has 27 heavy (non-hydrogen) atoms. The monoisotopic (exact) mass is 391 g/mol. The van der Waals surface area contributed by atoms with Crippen molar-refractivity contribution in [2.45, 2.75) is 58.7 Å². The highest BCUT2D eigenvalue weighted by Crippen LogP contribution is 2.14. The van der Waals surface area contributed by atoms with Gasteiger partial charge in [0.05, 0.1) is 17.2 Å². The zero-order chi connectivity index (χ0) is 19.1. The Balaban J connectivity index is 1.55. The fourth-order valence-corrected chi connectivity index (χ4v) is 3.87. The third-order valence-electron chi connectivity index (χ3n) is 4.40. The van der Waals surface area contributed by atoms with E-state index in [2.05, 4.69) is 44.9 Å². The summed E-state index contributed by atoms with van der Waals surface area (Å²) in [6, 6.07) is 0.290. The molecule has 0 bridgehead atoms. The molecule has 8 nitrogen and oxygen atoms in total. The number of thiazole rings is 1. The summed E-state index contributed by atoms with van der Waals surface area (Å²) in [4.78, 5) is 13.9. The lowest BCUT2D eigenvalue weighted by Gasteiger charge is -2.25. The van der Waals surface area contributed by atoms with E-state index in [-0.39, 0.29) is 0 Å². The molecule has 0 saturated carbocycles. The van der Waals surface area contributed by atoms with Crippen LogP contribution in [0.2, 0.25) is 0 Å². The molecule has 2 aromatic rings. The van der Waals surface area contributed by atoms with Gasteiger partial charge in [0, 0.05) is 44.5 Å². The van der Waals surface area contributed by atoms with Crippen molar-refractivity contribution >= 4 is 17.3 Å². The van der Waals surface area contributed by atoms with Gasteiger partial charge in [-0.3, -0.25) is 4.99 Å². The van der Waals surface area contributed by atoms with Crippen LogP contribution in [0.4, 0.5) is 0 Å². The van der Waals surface area contributed by atoms with Crippen LogP contribution in [0.5, 0.6) is 0 Å². The normalized spacial score (nSPS) is 17.0. The minimum atomic E-state index is 0.290. The maximum Gasteiger partial charge on any atom is 0.191 e. The average molecular weight is 392 g/mol. The molecule has 0 fully saturated rings. The molecule has 0 spiro atoms. The summed E-state index contributed by atoms with van der Waals surface area (Å²) in [7, 11) is 1.66. The number of guanidine groups is 1. The van der Waals surface area contributed by atoms with Crippen LogP contribution < -0.4 is 10.6 Å². The summed E-state index contributed by atoms with van der Waals surface area (Å²) >= 11 is 1.73. The Morgan fingerprint density at radius 2 is 2.30 bits per heavy atom. The van der Waals surface area contributed by atoms with Crippen LogP contribution in [0.3, 0.4) is 0 Å². The van der Waals surface area contributed by atoms with Gasteiger partial charge in [0.1, 0.15) is 12.4 Å². The second kappa shape index (κ2) is 9.80. The van der Waals surface area contributed by atoms with Gasteiger partial charge in [0.15, 0.2) is 11.8 Å². The van der Waals surface area contributed by atoms with Crippen LogP contribution >= 0.6 is 11.3 Å². The van der Waals surface area contributed by atoms with E-state index < -0.39 is 0 Å². The maximum atomic E-state index is 5.13. The van der Waals surface area contributed by atoms with Gasteiger partial charge in [-0.25, -0.2) is 14.6 Å². The minimum Gasteiger partial charge on any atom is -0.377 e. The van der Waals surface area contributed by atoms with Crippen molar-refractivity contribution in [1.82, 2.24) is 30.4 Å². The molecule has 0 amide bonds. The Kier molecular flexibility index (Phi) is 7.17. The molecule has 0 saturated heterocycles. The van der Waals surface area contributed by atoms with Crippen LogP contribution in [0.15, 0.2) is 10.4 Å². The van der Waals surface area contributed by atoms with Crippen molar-refractivity contribution < 1.29 is 4.74 Å². The van der Waals surface area contributed by atoms with E-state index in [9.17, 15) is 0 Å². The van der Waals surface area contributed by atoms with E-state index in [0.29, 0.717) is 12.6 Å². The van der Waals surface area contributed by atoms with Gasteiger partial charge in [-0.15, -0.1) is 11.3 Å². The molecule has 3 rings (SSSR count). The maximum absolute atomic E-state index is 5.13. The zero-order valence-electron chi connectivity index (χ0n) is 16.4. The second-order valence-corrected chi connectivity index (χ2v) is 7.48. The van der Waals surface area contributed by atoms with E-state index in [1.807, 2.05) is 4.68 Å². The van der Waals surface area contributed by atoms with Crippen molar-refractivity contribution in [3.8, 4) is 0 Å². The van der Waals surface area contributed by atoms with Gasteiger partial charge in [-0.2, -0.15) is 5.10 Å². The average Bonchev–Trinajstić information content (AvgIpc) is 3.28. The number of aryl methyl sites for hydroxylation is 2. The number of nitrogens with one attached hydrogen (secondary N) is 2. The lowest BCUT2D eigenvalue weighted by atomic mass is 10.1. The van der Waals surface area contributed by atoms with Crippen molar-refractivity contribution in [3.63, 3.8) is 0 Å². The molecule has 2 N–H and O–H groups in total. The summed E-state index contributed by atoms with van der Waals surface area (Å²) in [5, 5.41) is 14.7. The molecule has 1 aliphatic heterocycles. The van der Waals surface area contributed by atoms with Crippen LogP contribution in [0.25, 0.3) is 0 Å². The Morgan fingerprint density at radius 3 is 3.04 bits per heavy atom. The number of aliphatic imine (C=N–C) groups is 1. The second-order valence-electron chi connectivity index (χ2n) is 6.54. The topological polar surface area (TPSA) is 89.2 Å². The molecule has 3 heterocycles. The largest absolute Gasteiger partial charge is 0.377 e. The zero-order valence-corrected chi connectivity index (χ0v) is 17.2. The Bertz CT molecular complexity index is 755. The van der Waals surface area contributed by atoms with Crippen molar-refractivity contribution in [2.24, 2.45) is 4.99 Å². The van der Waals surface area contributed by atoms with Crippen LogP contribution in [0, 0.1) is 0 Å². The first kappa shape index (κ1) is 19.8. The number of methoxy groups -OCH3 is 1. The molecule has 0 aromatic carbocycles. The summed E-state index contributed by atoms with van der Waals surface area (Å²) in [5.41, 5.74) is 1.13. The number of hydrogen-bond acceptors (Lipinski definition) is 6. The molecule has 9 heteroatoms. The molecule has 148 valence electrons. The standard InChI is InChI=1S/C18H29N7OS/c1-4-17-21-14(12-27-17)8-9-20-18(19-5-2)22-13-6-7-16-23-15(11-26-3)24-25(16)10-13/h12-13H,4-11H2,1-3H3,(H2,19,20,22). The van der Waals surface area contributed by atoms with Gasteiger partial charge in [0.2, 0.25) is 0 Å². The first-order valence-electron chi connectivity index (χ1n) is 9.61. The number of hydrogen-bond donors (Lipinski definition) is 2. The fraction of sp³-hybridized carbons (Fsp3) is 0.667. The Morgan fingerprint density at radius 1 is 1.41 bits per heavy atom. The van der Waals surface area contributed by atoms with E-state index >= 15 is 0 Å². The predicted octanol–water partition coefficient (Wildman–Crippen LogP) is 1.56. The Hall–Kier alpha value is -2.00. The van der Waals surface area contributed by atoms with Gasteiger partial charge in [-0.1, -0.05) is 6.92 Å². The first-order chi connectivity index (χ1) is 13.2. The summed E-state index contributed by atoms with van der Waals surface area (Å²) in [5.74, 6) is 2.65. The number of rotatable bonds is 8. The van der Waals surface area contributed by atoms with Gasteiger partial charge in [0.25, 0.3) is 0 Å². The number of ether oxygens (including phenoxy) is 1. The van der Waals surface area contributed by atoms with E-state index in [4.69, 9.17) is 9.73 Å². The lowest BCUT2D eigenvalue weighted by molar-refractivity contribution is 0.177. The quantitative estimate of drug-likeness (QED) is 0.524. The van der Waals surface area contributed by atoms with Crippen LogP contribution in [-0.4, -0.2) is 51.9 Å². The van der Waals surface area contributed by atoms with E-state index in [1.165, 1.54) is 5.01 Å². The minimum absolute atomic E-state index is 0.290. The molecular weight excluding hydrogens is 362 g/mol. The third-order valence-corrected chi connectivity index (χ3v) is 5.44. The van der Waals surface area contributed by atoms with Crippen molar-refractivity contribution in [3.05, 3.63) is 27.7 Å². The predicted molar refractivity (Wildman–Crippen MR) is 107 cm³/mol. The van der Waals surface area contributed by atoms with E-state index in [1.54, 1.807) is 18.4 Å². The molecular formula is C18H29N7OS. The molecule has 1 aliphatic rings. The molecule has 1 unspecified atom stereocenters. The highest BCUT2D eigenvalue weighted by Gasteiger charge is 2.22. The van der Waals surface area contributed by atoms with Crippen molar-refractivity contribution in [2.75, 3.05) is 20.2 Å². The van der Waals surface area contributed by atoms with Crippen LogP contribution in [-0.2, 0) is 37.2 Å². The first-order valence-corrected chi connectivity index (χ1v) is 10.5. The molecule has 0 radical (unpaired) electrons. The van der Waals surface area contributed by atoms with E-state index in [0.717, 1.165) is 68.6 Å². The number of nitrogens with zero attached hydrogens (tertiary/aromatic N) is 5. The SMILES string of the molecule is CCNC(=NCCc1csc(CC)n1)NC1CCc2nc(COC)nn2C1. The highest BCUT2D eigenvalue weighted by molar-refractivity contribution is 7.09. The fourth-order valence-electron chi connectivity index (χ4n) is 3.09. The third kappa shape index (κ3) is 5.49. The number of aromatic nitrogens is 4. The molecule has 2 aromatic heterocycles. The Labute approximate surface area is 164 Å². The van der Waals surface area contributed by atoms with Crippen LogP contribution in [0.1, 0.15) is 42.6 Å². The smallest absolute Gasteiger partial charge is 0.191 e. The molecule has 1 atom stereocenters. The van der Waals surface area contributed by atoms with Gasteiger partial charge < -0.3 is 15.4 Å². The van der Waals surface area contributed by atoms with Gasteiger partial charge >= 0.3 is 0 Å².